The normalized spacial score (nSPS) is 14.2. The maximum absolute atomic E-state index is 11.5. The monoisotopic (exact) mass is 288 g/mol. The molecule has 0 saturated carbocycles. The first-order chi connectivity index (χ1) is 9.56. The lowest BCUT2D eigenvalue weighted by atomic mass is 9.95. The van der Waals surface area contributed by atoms with Gasteiger partial charge in [0.05, 0.1) is 18.8 Å². The quantitative estimate of drug-likeness (QED) is 0.478. The second kappa shape index (κ2) is 12.1. The Morgan fingerprint density at radius 3 is 2.15 bits per heavy atom. The van der Waals surface area contributed by atoms with Crippen LogP contribution < -0.4 is 11.1 Å². The number of unbranched alkanes of at least 4 members (excludes halogenated alkanes) is 1. The Bertz CT molecular complexity index is 249. The SMILES string of the molecule is CCCCOCCOCCCC(C)(NCCC)C(N)=O. The van der Waals surface area contributed by atoms with Gasteiger partial charge in [-0.1, -0.05) is 20.3 Å². The van der Waals surface area contributed by atoms with E-state index in [1.54, 1.807) is 0 Å². The van der Waals surface area contributed by atoms with Gasteiger partial charge in [-0.05, 0) is 39.2 Å². The van der Waals surface area contributed by atoms with Crippen LogP contribution in [0.25, 0.3) is 0 Å². The molecule has 0 aromatic rings. The van der Waals surface area contributed by atoms with Gasteiger partial charge in [0.25, 0.3) is 0 Å². The van der Waals surface area contributed by atoms with E-state index in [2.05, 4.69) is 19.2 Å². The van der Waals surface area contributed by atoms with Crippen LogP contribution in [0.5, 0.6) is 0 Å². The summed E-state index contributed by atoms with van der Waals surface area (Å²) >= 11 is 0. The lowest BCUT2D eigenvalue weighted by Crippen LogP contribution is -2.53. The number of rotatable bonds is 14. The third kappa shape index (κ3) is 9.28. The van der Waals surface area contributed by atoms with E-state index < -0.39 is 5.54 Å². The van der Waals surface area contributed by atoms with Gasteiger partial charge in [-0.3, -0.25) is 4.79 Å². The zero-order chi connectivity index (χ0) is 15.3. The third-order valence-corrected chi connectivity index (χ3v) is 3.29. The molecule has 0 heterocycles. The van der Waals surface area contributed by atoms with Crippen LogP contribution in [0, 0.1) is 0 Å². The number of carbonyl (C=O) groups is 1. The van der Waals surface area contributed by atoms with Gasteiger partial charge < -0.3 is 20.5 Å². The Morgan fingerprint density at radius 1 is 1.05 bits per heavy atom. The molecular formula is C15H32N2O3. The van der Waals surface area contributed by atoms with Crippen LogP contribution in [-0.2, 0) is 14.3 Å². The van der Waals surface area contributed by atoms with Crippen LogP contribution in [0.2, 0.25) is 0 Å². The second-order valence-electron chi connectivity index (χ2n) is 5.30. The average Bonchev–Trinajstić information content (AvgIpc) is 2.43. The van der Waals surface area contributed by atoms with E-state index in [1.807, 2.05) is 6.92 Å². The van der Waals surface area contributed by atoms with Gasteiger partial charge in [0.2, 0.25) is 5.91 Å². The zero-order valence-electron chi connectivity index (χ0n) is 13.4. The molecule has 0 rings (SSSR count). The smallest absolute Gasteiger partial charge is 0.237 e. The molecule has 0 fully saturated rings. The minimum absolute atomic E-state index is 0.297. The topological polar surface area (TPSA) is 73.6 Å². The summed E-state index contributed by atoms with van der Waals surface area (Å²) in [5, 5.41) is 3.22. The number of nitrogens with two attached hydrogens (primary N) is 1. The number of hydrogen-bond donors (Lipinski definition) is 2. The summed E-state index contributed by atoms with van der Waals surface area (Å²) in [6.07, 6.45) is 4.73. The molecule has 0 bridgehead atoms. The van der Waals surface area contributed by atoms with Crippen molar-refractivity contribution in [2.45, 2.75) is 58.4 Å². The van der Waals surface area contributed by atoms with E-state index in [1.165, 1.54) is 0 Å². The predicted octanol–water partition coefficient (Wildman–Crippen LogP) is 1.84. The van der Waals surface area contributed by atoms with Crippen molar-refractivity contribution in [2.75, 3.05) is 33.0 Å². The minimum atomic E-state index is -0.628. The molecule has 120 valence electrons. The maximum Gasteiger partial charge on any atom is 0.237 e. The van der Waals surface area contributed by atoms with Gasteiger partial charge in [0.15, 0.2) is 0 Å². The van der Waals surface area contributed by atoms with E-state index >= 15 is 0 Å². The van der Waals surface area contributed by atoms with Crippen LogP contribution in [0.1, 0.15) is 52.9 Å². The van der Waals surface area contributed by atoms with Crippen molar-refractivity contribution in [1.29, 1.82) is 0 Å². The Morgan fingerprint density at radius 2 is 1.65 bits per heavy atom. The Balaban J connectivity index is 3.61. The molecule has 0 aliphatic rings. The van der Waals surface area contributed by atoms with Crippen molar-refractivity contribution in [3.8, 4) is 0 Å². The van der Waals surface area contributed by atoms with Gasteiger partial charge >= 0.3 is 0 Å². The first-order valence-electron chi connectivity index (χ1n) is 7.77. The lowest BCUT2D eigenvalue weighted by molar-refractivity contribution is -0.124. The Kier molecular flexibility index (Phi) is 11.7. The molecular weight excluding hydrogens is 256 g/mol. The molecule has 0 aromatic heterocycles. The first kappa shape index (κ1) is 19.4. The molecule has 20 heavy (non-hydrogen) atoms. The Hall–Kier alpha value is -0.650. The predicted molar refractivity (Wildman–Crippen MR) is 81.7 cm³/mol. The van der Waals surface area contributed by atoms with E-state index in [4.69, 9.17) is 15.2 Å². The van der Waals surface area contributed by atoms with Gasteiger partial charge in [-0.15, -0.1) is 0 Å². The van der Waals surface area contributed by atoms with Crippen LogP contribution in [0.4, 0.5) is 0 Å². The molecule has 0 saturated heterocycles. The number of ether oxygens (including phenoxy) is 2. The number of amides is 1. The van der Waals surface area contributed by atoms with Crippen molar-refractivity contribution < 1.29 is 14.3 Å². The number of nitrogens with one attached hydrogen (secondary N) is 1. The third-order valence-electron chi connectivity index (χ3n) is 3.29. The summed E-state index contributed by atoms with van der Waals surface area (Å²) in [5.41, 5.74) is 4.83. The molecule has 1 unspecified atom stereocenters. The van der Waals surface area contributed by atoms with Gasteiger partial charge in [0, 0.05) is 13.2 Å². The number of hydrogen-bond acceptors (Lipinski definition) is 4. The fraction of sp³-hybridized carbons (Fsp3) is 0.933. The summed E-state index contributed by atoms with van der Waals surface area (Å²) in [6, 6.07) is 0. The number of carbonyl (C=O) groups excluding carboxylic acids is 1. The highest BCUT2D eigenvalue weighted by molar-refractivity contribution is 5.84. The molecule has 5 heteroatoms. The molecule has 0 aromatic carbocycles. The van der Waals surface area contributed by atoms with E-state index in [-0.39, 0.29) is 5.91 Å². The van der Waals surface area contributed by atoms with Crippen molar-refractivity contribution in [2.24, 2.45) is 5.73 Å². The molecule has 1 atom stereocenters. The summed E-state index contributed by atoms with van der Waals surface area (Å²) < 4.78 is 10.9. The largest absolute Gasteiger partial charge is 0.379 e. The average molecular weight is 288 g/mol. The molecule has 5 nitrogen and oxygen atoms in total. The van der Waals surface area contributed by atoms with E-state index in [9.17, 15) is 4.79 Å². The molecule has 0 spiro atoms. The van der Waals surface area contributed by atoms with Crippen LogP contribution in [0.3, 0.4) is 0 Å². The standard InChI is InChI=1S/C15H32N2O3/c1-4-6-10-19-12-13-20-11-7-8-15(3,14(16)18)17-9-5-2/h17H,4-13H2,1-3H3,(H2,16,18). The highest BCUT2D eigenvalue weighted by atomic mass is 16.5. The highest BCUT2D eigenvalue weighted by Gasteiger charge is 2.29. The van der Waals surface area contributed by atoms with Gasteiger partial charge in [-0.2, -0.15) is 0 Å². The van der Waals surface area contributed by atoms with Crippen molar-refractivity contribution >= 4 is 5.91 Å². The lowest BCUT2D eigenvalue weighted by Gasteiger charge is -2.27. The van der Waals surface area contributed by atoms with Crippen molar-refractivity contribution in [3.63, 3.8) is 0 Å². The molecule has 0 radical (unpaired) electrons. The summed E-state index contributed by atoms with van der Waals surface area (Å²) in [5.74, 6) is -0.297. The Labute approximate surface area is 123 Å². The summed E-state index contributed by atoms with van der Waals surface area (Å²) in [7, 11) is 0. The van der Waals surface area contributed by atoms with Crippen molar-refractivity contribution in [3.05, 3.63) is 0 Å². The van der Waals surface area contributed by atoms with Crippen LogP contribution in [-0.4, -0.2) is 44.4 Å². The van der Waals surface area contributed by atoms with E-state index in [0.717, 1.165) is 38.8 Å². The number of primary amides is 1. The van der Waals surface area contributed by atoms with Crippen LogP contribution in [0.15, 0.2) is 0 Å². The first-order valence-corrected chi connectivity index (χ1v) is 7.77. The highest BCUT2D eigenvalue weighted by Crippen LogP contribution is 2.12. The van der Waals surface area contributed by atoms with Crippen molar-refractivity contribution in [1.82, 2.24) is 5.32 Å². The molecule has 1 amide bonds. The summed E-state index contributed by atoms with van der Waals surface area (Å²) in [4.78, 5) is 11.5. The zero-order valence-corrected chi connectivity index (χ0v) is 13.4. The van der Waals surface area contributed by atoms with E-state index in [0.29, 0.717) is 26.2 Å². The fourth-order valence-corrected chi connectivity index (χ4v) is 1.80. The second-order valence-corrected chi connectivity index (χ2v) is 5.30. The van der Waals surface area contributed by atoms with Gasteiger partial charge in [-0.25, -0.2) is 0 Å². The maximum atomic E-state index is 11.5. The van der Waals surface area contributed by atoms with Gasteiger partial charge in [0.1, 0.15) is 0 Å². The summed E-state index contributed by atoms with van der Waals surface area (Å²) in [6.45, 7) is 9.55. The molecule has 0 aliphatic carbocycles. The minimum Gasteiger partial charge on any atom is -0.379 e. The fourth-order valence-electron chi connectivity index (χ4n) is 1.80. The molecule has 3 N–H and O–H groups in total. The van der Waals surface area contributed by atoms with Crippen LogP contribution >= 0.6 is 0 Å². The molecule has 0 aliphatic heterocycles.